The minimum atomic E-state index is -0.919. The minimum absolute atomic E-state index is 0.126. The average molecular weight is 468 g/mol. The summed E-state index contributed by atoms with van der Waals surface area (Å²) in [6.07, 6.45) is 1.34. The van der Waals surface area contributed by atoms with Gasteiger partial charge < -0.3 is 29.2 Å². The second-order valence-electron chi connectivity index (χ2n) is 7.39. The molecule has 11 heteroatoms. The van der Waals surface area contributed by atoms with Crippen LogP contribution in [0.5, 0.6) is 17.2 Å². The highest BCUT2D eigenvalue weighted by molar-refractivity contribution is 6.35. The molecule has 1 saturated heterocycles. The van der Waals surface area contributed by atoms with Crippen molar-refractivity contribution in [1.82, 2.24) is 15.6 Å². The van der Waals surface area contributed by atoms with Crippen LogP contribution in [0.2, 0.25) is 0 Å². The Balaban J connectivity index is 1.25. The molecule has 0 saturated carbocycles. The Labute approximate surface area is 195 Å². The number of fused-ring (bicyclic) bond motifs is 1. The number of carbonyl (C=O) groups is 3. The number of nitrogens with zero attached hydrogens (tertiary/aromatic N) is 2. The molecule has 34 heavy (non-hydrogen) atoms. The number of hydrogen-bond acceptors (Lipinski definition) is 8. The molecule has 4 rings (SSSR count). The number of morpholine rings is 1. The van der Waals surface area contributed by atoms with Crippen LogP contribution in [0.3, 0.4) is 0 Å². The van der Waals surface area contributed by atoms with Gasteiger partial charge >= 0.3 is 11.8 Å². The molecule has 2 aliphatic heterocycles. The predicted octanol–water partition coefficient (Wildman–Crippen LogP) is 0.419. The van der Waals surface area contributed by atoms with E-state index in [-0.39, 0.29) is 25.9 Å². The lowest BCUT2D eigenvalue weighted by molar-refractivity contribution is -0.139. The van der Waals surface area contributed by atoms with Crippen molar-refractivity contribution < 1.29 is 33.3 Å². The molecule has 0 bridgehead atoms. The lowest BCUT2D eigenvalue weighted by atomic mass is 10.2. The van der Waals surface area contributed by atoms with E-state index >= 15 is 0 Å². The Bertz CT molecular complexity index is 1080. The van der Waals surface area contributed by atoms with E-state index < -0.39 is 11.8 Å². The quantitative estimate of drug-likeness (QED) is 0.342. The summed E-state index contributed by atoms with van der Waals surface area (Å²) in [6, 6.07) is 12.2. The van der Waals surface area contributed by atoms with Crippen molar-refractivity contribution in [3.05, 3.63) is 53.6 Å². The lowest BCUT2D eigenvalue weighted by Crippen LogP contribution is -2.43. The van der Waals surface area contributed by atoms with Gasteiger partial charge in [-0.25, -0.2) is 5.43 Å². The van der Waals surface area contributed by atoms with Gasteiger partial charge in [0.1, 0.15) is 5.75 Å². The zero-order chi connectivity index (χ0) is 23.8. The van der Waals surface area contributed by atoms with Crippen LogP contribution in [0.1, 0.15) is 11.1 Å². The number of para-hydroxylation sites is 1. The van der Waals surface area contributed by atoms with Crippen LogP contribution in [-0.2, 0) is 25.7 Å². The molecule has 2 aromatic carbocycles. The fourth-order valence-electron chi connectivity index (χ4n) is 3.29. The summed E-state index contributed by atoms with van der Waals surface area (Å²) < 4.78 is 21.4. The summed E-state index contributed by atoms with van der Waals surface area (Å²) >= 11 is 0. The molecule has 2 N–H and O–H groups in total. The Morgan fingerprint density at radius 3 is 2.68 bits per heavy atom. The molecule has 2 aliphatic rings. The Morgan fingerprint density at radius 1 is 1.03 bits per heavy atom. The first-order valence-electron chi connectivity index (χ1n) is 10.7. The molecule has 2 heterocycles. The van der Waals surface area contributed by atoms with Crippen molar-refractivity contribution in [2.75, 3.05) is 39.7 Å². The van der Waals surface area contributed by atoms with Crippen LogP contribution in [0.15, 0.2) is 47.6 Å². The summed E-state index contributed by atoms with van der Waals surface area (Å²) in [7, 11) is 0. The van der Waals surface area contributed by atoms with Gasteiger partial charge in [-0.05, 0) is 29.8 Å². The Hall–Kier alpha value is -4.12. The second-order valence-corrected chi connectivity index (χ2v) is 7.39. The fraction of sp³-hybridized carbons (Fsp3) is 0.304. The fourth-order valence-corrected chi connectivity index (χ4v) is 3.29. The van der Waals surface area contributed by atoms with Gasteiger partial charge in [0.25, 0.3) is 5.91 Å². The van der Waals surface area contributed by atoms with E-state index in [1.165, 1.54) is 6.21 Å². The first-order valence-corrected chi connectivity index (χ1v) is 10.7. The summed E-state index contributed by atoms with van der Waals surface area (Å²) in [5.41, 5.74) is 3.48. The molecule has 0 atom stereocenters. The van der Waals surface area contributed by atoms with Crippen molar-refractivity contribution in [3.63, 3.8) is 0 Å². The van der Waals surface area contributed by atoms with Gasteiger partial charge in [0, 0.05) is 25.2 Å². The van der Waals surface area contributed by atoms with Crippen molar-refractivity contribution >= 4 is 23.9 Å². The number of hydrogen-bond donors (Lipinski definition) is 2. The zero-order valence-electron chi connectivity index (χ0n) is 18.3. The molecule has 0 unspecified atom stereocenters. The van der Waals surface area contributed by atoms with Gasteiger partial charge in [-0.2, -0.15) is 5.10 Å². The summed E-state index contributed by atoms with van der Waals surface area (Å²) in [4.78, 5) is 38.1. The monoisotopic (exact) mass is 468 g/mol. The van der Waals surface area contributed by atoms with E-state index in [0.29, 0.717) is 49.1 Å². The molecule has 1 fully saturated rings. The SMILES string of the molecule is O=C(NCc1ccc2c(c1)OCO2)C(=O)N/N=C\c1ccccc1OCC(=O)N1CCOCC1. The zero-order valence-corrected chi connectivity index (χ0v) is 18.3. The third kappa shape index (κ3) is 6.01. The number of carbonyl (C=O) groups excluding carboxylic acids is 3. The second kappa shape index (κ2) is 11.1. The van der Waals surface area contributed by atoms with Crippen LogP contribution < -0.4 is 25.0 Å². The molecule has 3 amide bonds. The van der Waals surface area contributed by atoms with Gasteiger partial charge in [-0.3, -0.25) is 14.4 Å². The van der Waals surface area contributed by atoms with Crippen molar-refractivity contribution in [2.24, 2.45) is 5.10 Å². The van der Waals surface area contributed by atoms with Crippen LogP contribution >= 0.6 is 0 Å². The van der Waals surface area contributed by atoms with E-state index in [1.807, 2.05) is 0 Å². The molecule has 11 nitrogen and oxygen atoms in total. The highest BCUT2D eigenvalue weighted by atomic mass is 16.7. The number of ether oxygens (including phenoxy) is 4. The number of benzene rings is 2. The lowest BCUT2D eigenvalue weighted by Gasteiger charge is -2.26. The maximum absolute atomic E-state index is 12.3. The number of rotatable bonds is 7. The predicted molar refractivity (Wildman–Crippen MR) is 119 cm³/mol. The van der Waals surface area contributed by atoms with Crippen LogP contribution in [0.4, 0.5) is 0 Å². The van der Waals surface area contributed by atoms with Gasteiger partial charge in [0.15, 0.2) is 18.1 Å². The number of amides is 3. The molecule has 2 aromatic rings. The Morgan fingerprint density at radius 2 is 1.82 bits per heavy atom. The minimum Gasteiger partial charge on any atom is -0.483 e. The first-order chi connectivity index (χ1) is 16.6. The van der Waals surface area contributed by atoms with E-state index in [9.17, 15) is 14.4 Å². The summed E-state index contributed by atoms with van der Waals surface area (Å²) in [5.74, 6) is -0.240. The van der Waals surface area contributed by atoms with Crippen molar-refractivity contribution in [3.8, 4) is 17.2 Å². The van der Waals surface area contributed by atoms with E-state index in [0.717, 1.165) is 5.56 Å². The standard InChI is InChI=1S/C23H24N4O7/c28-21(27-7-9-31-10-8-27)14-32-18-4-2-1-3-17(18)13-25-26-23(30)22(29)24-12-16-5-6-19-20(11-16)34-15-33-19/h1-6,11,13H,7-10,12,14-15H2,(H,24,29)(H,26,30)/b25-13-. The molecular weight excluding hydrogens is 444 g/mol. The van der Waals surface area contributed by atoms with Gasteiger partial charge in [0.2, 0.25) is 6.79 Å². The summed E-state index contributed by atoms with van der Waals surface area (Å²) in [6.45, 7) is 2.27. The molecule has 0 radical (unpaired) electrons. The van der Waals surface area contributed by atoms with Crippen molar-refractivity contribution in [1.29, 1.82) is 0 Å². The molecular formula is C23H24N4O7. The first kappa shape index (κ1) is 23.1. The van der Waals surface area contributed by atoms with Gasteiger partial charge in [-0.15, -0.1) is 0 Å². The largest absolute Gasteiger partial charge is 0.483 e. The number of hydrazone groups is 1. The normalized spacial score (nSPS) is 14.6. The van der Waals surface area contributed by atoms with E-state index in [4.69, 9.17) is 18.9 Å². The molecule has 0 aromatic heterocycles. The van der Waals surface area contributed by atoms with Gasteiger partial charge in [0.05, 0.1) is 19.4 Å². The number of nitrogens with one attached hydrogen (secondary N) is 2. The third-order valence-electron chi connectivity index (χ3n) is 5.10. The van der Waals surface area contributed by atoms with Crippen LogP contribution in [0.25, 0.3) is 0 Å². The topological polar surface area (TPSA) is 128 Å². The molecule has 0 spiro atoms. The van der Waals surface area contributed by atoms with Crippen LogP contribution in [0, 0.1) is 0 Å². The van der Waals surface area contributed by atoms with Crippen molar-refractivity contribution in [2.45, 2.75) is 6.54 Å². The van der Waals surface area contributed by atoms with E-state index in [1.54, 1.807) is 47.4 Å². The maximum atomic E-state index is 12.3. The average Bonchev–Trinajstić information content (AvgIpc) is 3.35. The highest BCUT2D eigenvalue weighted by Crippen LogP contribution is 2.32. The maximum Gasteiger partial charge on any atom is 0.329 e. The highest BCUT2D eigenvalue weighted by Gasteiger charge is 2.18. The van der Waals surface area contributed by atoms with Gasteiger partial charge in [-0.1, -0.05) is 18.2 Å². The Kier molecular flexibility index (Phi) is 7.56. The third-order valence-corrected chi connectivity index (χ3v) is 5.10. The molecule has 0 aliphatic carbocycles. The summed E-state index contributed by atoms with van der Waals surface area (Å²) in [5, 5.41) is 6.35. The van der Waals surface area contributed by atoms with E-state index in [2.05, 4.69) is 15.8 Å². The molecule has 178 valence electrons. The van der Waals surface area contributed by atoms with Crippen LogP contribution in [-0.4, -0.2) is 68.5 Å². The smallest absolute Gasteiger partial charge is 0.329 e.